The van der Waals surface area contributed by atoms with Gasteiger partial charge in [-0.1, -0.05) is 26.2 Å². The quantitative estimate of drug-likeness (QED) is 0.574. The number of rotatable bonds is 5. The third-order valence-corrected chi connectivity index (χ3v) is 5.91. The lowest BCUT2D eigenvalue weighted by Crippen LogP contribution is -2.45. The molecule has 2 amide bonds. The van der Waals surface area contributed by atoms with Crippen LogP contribution in [-0.2, 0) is 23.2 Å². The number of ketones is 1. The molecule has 2 heterocycles. The standard InChI is InChI=1S/C19H26N4O5/c1-3-9-22-15(20)14(16(26)21(2)18(22)28)12(24)11-23-13(25)10-19(17(23)27)7-5-4-6-8-19/h3-11,20H2,1-2H3. The van der Waals surface area contributed by atoms with Crippen LogP contribution < -0.4 is 17.0 Å². The highest BCUT2D eigenvalue weighted by molar-refractivity contribution is 6.11. The molecule has 0 unspecified atom stereocenters. The zero-order valence-corrected chi connectivity index (χ0v) is 16.3. The minimum atomic E-state index is -0.814. The lowest BCUT2D eigenvalue weighted by Gasteiger charge is -2.30. The molecule has 1 aromatic heterocycles. The number of aromatic nitrogens is 2. The Hall–Kier alpha value is -2.71. The number of nitrogens with zero attached hydrogens (tertiary/aromatic N) is 3. The fraction of sp³-hybridized carbons (Fsp3) is 0.632. The molecule has 0 aromatic carbocycles. The van der Waals surface area contributed by atoms with Crippen LogP contribution in [0.3, 0.4) is 0 Å². The number of amides is 2. The minimum absolute atomic E-state index is 0.113. The molecule has 28 heavy (non-hydrogen) atoms. The molecule has 9 nitrogen and oxygen atoms in total. The van der Waals surface area contributed by atoms with Crippen LogP contribution in [0.5, 0.6) is 0 Å². The fourth-order valence-electron chi connectivity index (χ4n) is 4.35. The Kier molecular flexibility index (Phi) is 5.27. The second kappa shape index (κ2) is 7.37. The van der Waals surface area contributed by atoms with Crippen LogP contribution in [0, 0.1) is 5.41 Å². The molecule has 9 heteroatoms. The summed E-state index contributed by atoms with van der Waals surface area (Å²) in [5, 5.41) is 0. The Morgan fingerprint density at radius 2 is 1.75 bits per heavy atom. The van der Waals surface area contributed by atoms with E-state index in [0.717, 1.165) is 28.7 Å². The summed E-state index contributed by atoms with van der Waals surface area (Å²) >= 11 is 0. The maximum absolute atomic E-state index is 12.9. The normalized spacial score (nSPS) is 18.9. The first-order valence-corrected chi connectivity index (χ1v) is 9.71. The summed E-state index contributed by atoms with van der Waals surface area (Å²) in [6.07, 6.45) is 4.80. The van der Waals surface area contributed by atoms with Gasteiger partial charge in [0.05, 0.1) is 12.0 Å². The predicted octanol–water partition coefficient (Wildman–Crippen LogP) is 0.431. The summed E-state index contributed by atoms with van der Waals surface area (Å²) in [6.45, 7) is 1.57. The number of carbonyl (C=O) groups is 3. The molecule has 1 aromatic rings. The van der Waals surface area contributed by atoms with Gasteiger partial charge in [-0.2, -0.15) is 0 Å². The Balaban J connectivity index is 1.94. The van der Waals surface area contributed by atoms with Crippen molar-refractivity contribution in [2.24, 2.45) is 12.5 Å². The van der Waals surface area contributed by atoms with Crippen LogP contribution >= 0.6 is 0 Å². The first kappa shape index (κ1) is 20.0. The van der Waals surface area contributed by atoms with Crippen molar-refractivity contribution in [2.75, 3.05) is 12.3 Å². The molecule has 1 spiro atoms. The van der Waals surface area contributed by atoms with E-state index in [1.54, 1.807) is 0 Å². The number of imide groups is 1. The monoisotopic (exact) mass is 390 g/mol. The number of anilines is 1. The SMILES string of the molecule is CCCn1c(N)c(C(=O)CN2C(=O)CC3(CCCCC3)C2=O)c(=O)n(C)c1=O. The maximum atomic E-state index is 12.9. The van der Waals surface area contributed by atoms with E-state index in [1.807, 2.05) is 6.92 Å². The molecule has 2 N–H and O–H groups in total. The smallest absolute Gasteiger partial charge is 0.332 e. The van der Waals surface area contributed by atoms with Crippen LogP contribution in [0.4, 0.5) is 5.82 Å². The van der Waals surface area contributed by atoms with Crippen LogP contribution in [0.25, 0.3) is 0 Å². The van der Waals surface area contributed by atoms with E-state index in [0.29, 0.717) is 19.3 Å². The molecule has 1 aliphatic heterocycles. The molecule has 2 fully saturated rings. The van der Waals surface area contributed by atoms with Crippen molar-refractivity contribution < 1.29 is 14.4 Å². The molecule has 2 aliphatic rings. The molecule has 3 rings (SSSR count). The number of Topliss-reactive ketones (excluding diaryl/α,β-unsaturated/α-hetero) is 1. The maximum Gasteiger partial charge on any atom is 0.332 e. The van der Waals surface area contributed by atoms with Crippen LogP contribution in [0.15, 0.2) is 9.59 Å². The predicted molar refractivity (Wildman–Crippen MR) is 102 cm³/mol. The number of nitrogen functional groups attached to an aromatic ring is 1. The summed E-state index contributed by atoms with van der Waals surface area (Å²) in [6, 6.07) is 0. The number of hydrogen-bond acceptors (Lipinski definition) is 6. The first-order valence-electron chi connectivity index (χ1n) is 9.71. The van der Waals surface area contributed by atoms with Gasteiger partial charge in [0, 0.05) is 20.0 Å². The van der Waals surface area contributed by atoms with Gasteiger partial charge in [0.1, 0.15) is 11.4 Å². The third kappa shape index (κ3) is 3.08. The van der Waals surface area contributed by atoms with E-state index in [-0.39, 0.29) is 30.3 Å². The van der Waals surface area contributed by atoms with Gasteiger partial charge >= 0.3 is 5.69 Å². The van der Waals surface area contributed by atoms with Gasteiger partial charge < -0.3 is 5.73 Å². The largest absolute Gasteiger partial charge is 0.384 e. The molecule has 0 radical (unpaired) electrons. The van der Waals surface area contributed by atoms with E-state index in [4.69, 9.17) is 5.73 Å². The molecular formula is C19H26N4O5. The van der Waals surface area contributed by atoms with Crippen LogP contribution in [0.2, 0.25) is 0 Å². The zero-order chi connectivity index (χ0) is 20.6. The summed E-state index contributed by atoms with van der Waals surface area (Å²) in [5.41, 5.74) is 3.50. The van der Waals surface area contributed by atoms with Gasteiger partial charge in [0.25, 0.3) is 5.56 Å². The van der Waals surface area contributed by atoms with Crippen molar-refractivity contribution >= 4 is 23.4 Å². The lowest BCUT2D eigenvalue weighted by molar-refractivity contribution is -0.141. The van der Waals surface area contributed by atoms with E-state index < -0.39 is 34.9 Å². The van der Waals surface area contributed by atoms with Gasteiger partial charge in [-0.3, -0.25) is 33.2 Å². The van der Waals surface area contributed by atoms with Crippen molar-refractivity contribution in [2.45, 2.75) is 58.4 Å². The third-order valence-electron chi connectivity index (χ3n) is 5.91. The second-order valence-corrected chi connectivity index (χ2v) is 7.78. The highest BCUT2D eigenvalue weighted by atomic mass is 16.2. The fourth-order valence-corrected chi connectivity index (χ4v) is 4.35. The number of carbonyl (C=O) groups excluding carboxylic acids is 3. The summed E-state index contributed by atoms with van der Waals surface area (Å²) in [5.74, 6) is -1.66. The summed E-state index contributed by atoms with van der Waals surface area (Å²) < 4.78 is 2.00. The van der Waals surface area contributed by atoms with Crippen molar-refractivity contribution in [3.63, 3.8) is 0 Å². The van der Waals surface area contributed by atoms with E-state index in [9.17, 15) is 24.0 Å². The van der Waals surface area contributed by atoms with Crippen molar-refractivity contribution in [1.82, 2.24) is 14.0 Å². The Morgan fingerprint density at radius 3 is 2.36 bits per heavy atom. The van der Waals surface area contributed by atoms with Crippen LogP contribution in [-0.4, -0.2) is 38.2 Å². The first-order chi connectivity index (χ1) is 13.2. The number of nitrogens with two attached hydrogens (primary N) is 1. The average molecular weight is 390 g/mol. The topological polar surface area (TPSA) is 124 Å². The van der Waals surface area contributed by atoms with Gasteiger partial charge in [-0.05, 0) is 19.3 Å². The zero-order valence-electron chi connectivity index (χ0n) is 16.3. The molecule has 0 atom stereocenters. The Labute approximate surface area is 162 Å². The number of likely N-dealkylation sites (tertiary alicyclic amines) is 1. The molecule has 1 saturated carbocycles. The Bertz CT molecular complexity index is 952. The molecular weight excluding hydrogens is 364 g/mol. The van der Waals surface area contributed by atoms with Crippen molar-refractivity contribution in [1.29, 1.82) is 0 Å². The van der Waals surface area contributed by atoms with Gasteiger partial charge in [0.2, 0.25) is 11.8 Å². The van der Waals surface area contributed by atoms with Crippen molar-refractivity contribution in [3.05, 3.63) is 26.4 Å². The summed E-state index contributed by atoms with van der Waals surface area (Å²) in [7, 11) is 1.27. The highest BCUT2D eigenvalue weighted by Gasteiger charge is 2.52. The molecule has 1 aliphatic carbocycles. The van der Waals surface area contributed by atoms with E-state index in [1.165, 1.54) is 11.6 Å². The lowest BCUT2D eigenvalue weighted by atomic mass is 9.73. The molecule has 1 saturated heterocycles. The van der Waals surface area contributed by atoms with Gasteiger partial charge in [-0.15, -0.1) is 0 Å². The average Bonchev–Trinajstić information content (AvgIpc) is 2.88. The Morgan fingerprint density at radius 1 is 1.11 bits per heavy atom. The van der Waals surface area contributed by atoms with Gasteiger partial charge in [-0.25, -0.2) is 4.79 Å². The van der Waals surface area contributed by atoms with E-state index in [2.05, 4.69) is 0 Å². The van der Waals surface area contributed by atoms with Crippen molar-refractivity contribution in [3.8, 4) is 0 Å². The molecule has 0 bridgehead atoms. The van der Waals surface area contributed by atoms with Crippen LogP contribution in [0.1, 0.15) is 62.2 Å². The van der Waals surface area contributed by atoms with Gasteiger partial charge in [0.15, 0.2) is 5.78 Å². The minimum Gasteiger partial charge on any atom is -0.384 e. The van der Waals surface area contributed by atoms with E-state index >= 15 is 0 Å². The highest BCUT2D eigenvalue weighted by Crippen LogP contribution is 2.45. The second-order valence-electron chi connectivity index (χ2n) is 7.78. The summed E-state index contributed by atoms with van der Waals surface area (Å²) in [4.78, 5) is 63.9. The molecule has 152 valence electrons. The number of hydrogen-bond donors (Lipinski definition) is 1.